The van der Waals surface area contributed by atoms with Crippen LogP contribution in [-0.4, -0.2) is 40.2 Å². The zero-order valence-corrected chi connectivity index (χ0v) is 18.8. The molecule has 1 atom stereocenters. The lowest BCUT2D eigenvalue weighted by atomic mass is 9.90. The summed E-state index contributed by atoms with van der Waals surface area (Å²) in [4.78, 5) is 7.00. The Hall–Kier alpha value is -2.74. The van der Waals surface area contributed by atoms with E-state index in [1.54, 1.807) is 6.07 Å². The van der Waals surface area contributed by atoms with Crippen LogP contribution in [0, 0.1) is 13.8 Å². The number of nitrogens with zero attached hydrogens (tertiary/aromatic N) is 4. The van der Waals surface area contributed by atoms with Gasteiger partial charge in [0.05, 0.1) is 22.8 Å². The minimum Gasteiger partial charge on any atom is -0.361 e. The van der Waals surface area contributed by atoms with Gasteiger partial charge in [0.25, 0.3) is 0 Å². The summed E-state index contributed by atoms with van der Waals surface area (Å²) in [7, 11) is 2.13. The number of hydrogen-bond acceptors (Lipinski definition) is 5. The highest BCUT2D eigenvalue weighted by atomic mass is 19.4. The first-order chi connectivity index (χ1) is 15.1. The van der Waals surface area contributed by atoms with Gasteiger partial charge >= 0.3 is 6.18 Å². The van der Waals surface area contributed by atoms with Crippen LogP contribution in [0.2, 0.25) is 0 Å². The molecule has 4 rings (SSSR count). The molecule has 0 saturated carbocycles. The van der Waals surface area contributed by atoms with Crippen molar-refractivity contribution in [2.75, 3.05) is 25.5 Å². The first-order valence-electron chi connectivity index (χ1n) is 10.9. The lowest BCUT2D eigenvalue weighted by Gasteiger charge is -2.29. The third kappa shape index (κ3) is 4.41. The van der Waals surface area contributed by atoms with Crippen LogP contribution in [0.5, 0.6) is 0 Å². The third-order valence-corrected chi connectivity index (χ3v) is 6.50. The van der Waals surface area contributed by atoms with Crippen LogP contribution in [-0.2, 0) is 6.18 Å². The summed E-state index contributed by atoms with van der Waals surface area (Å²) in [5.41, 5.74) is 2.83. The maximum Gasteiger partial charge on any atom is 0.416 e. The van der Waals surface area contributed by atoms with Gasteiger partial charge in [0.15, 0.2) is 5.82 Å². The van der Waals surface area contributed by atoms with Crippen molar-refractivity contribution in [3.05, 3.63) is 58.4 Å². The van der Waals surface area contributed by atoms with Crippen molar-refractivity contribution in [2.45, 2.75) is 51.7 Å². The fraction of sp³-hybridized carbons (Fsp3) is 0.458. The van der Waals surface area contributed by atoms with Gasteiger partial charge in [-0.1, -0.05) is 12.1 Å². The zero-order chi connectivity index (χ0) is 23.0. The molecule has 0 spiro atoms. The molecule has 1 fully saturated rings. The molecule has 2 aromatic heterocycles. The Balaban J connectivity index is 1.69. The average Bonchev–Trinajstić information content (AvgIpc) is 2.75. The summed E-state index contributed by atoms with van der Waals surface area (Å²) >= 11 is 0. The van der Waals surface area contributed by atoms with Crippen molar-refractivity contribution in [3.8, 4) is 0 Å². The van der Waals surface area contributed by atoms with E-state index in [-0.39, 0.29) is 11.6 Å². The predicted octanol–water partition coefficient (Wildman–Crippen LogP) is 5.64. The molecule has 3 heterocycles. The standard InChI is InChI=1S/C24H28F3N5/c1-14-19(6-5-7-21(14)24(25,26)27)15(2)29-23-20-12-18(17-8-10-32(4)11-9-17)13-28-22(20)16(3)30-31-23/h5-7,12-13,15,17H,8-11H2,1-4H3,(H,29,31)/t15-/m1/s1. The van der Waals surface area contributed by atoms with Crippen molar-refractivity contribution in [3.63, 3.8) is 0 Å². The van der Waals surface area contributed by atoms with Gasteiger partial charge in [0.1, 0.15) is 0 Å². The van der Waals surface area contributed by atoms with Gasteiger partial charge in [-0.3, -0.25) is 4.98 Å². The smallest absolute Gasteiger partial charge is 0.361 e. The van der Waals surface area contributed by atoms with Crippen LogP contribution in [0.4, 0.5) is 19.0 Å². The Morgan fingerprint density at radius 2 is 1.84 bits per heavy atom. The quantitative estimate of drug-likeness (QED) is 0.565. The van der Waals surface area contributed by atoms with Crippen molar-refractivity contribution >= 4 is 16.7 Å². The third-order valence-electron chi connectivity index (χ3n) is 6.50. The van der Waals surface area contributed by atoms with E-state index >= 15 is 0 Å². The van der Waals surface area contributed by atoms with Crippen molar-refractivity contribution < 1.29 is 13.2 Å². The number of halogens is 3. The largest absolute Gasteiger partial charge is 0.416 e. The lowest BCUT2D eigenvalue weighted by Crippen LogP contribution is -2.29. The molecule has 170 valence electrons. The zero-order valence-electron chi connectivity index (χ0n) is 18.8. The number of alkyl halides is 3. The Labute approximate surface area is 186 Å². The van der Waals surface area contributed by atoms with Crippen LogP contribution in [0.15, 0.2) is 30.5 Å². The number of aryl methyl sites for hydroxylation is 1. The summed E-state index contributed by atoms with van der Waals surface area (Å²) in [6, 6.07) is 6.01. The number of aromatic nitrogens is 3. The molecule has 0 bridgehead atoms. The molecule has 3 aromatic rings. The van der Waals surface area contributed by atoms with E-state index in [4.69, 9.17) is 0 Å². The van der Waals surface area contributed by atoms with Crippen molar-refractivity contribution in [2.24, 2.45) is 0 Å². The molecular formula is C24H28F3N5. The van der Waals surface area contributed by atoms with E-state index in [9.17, 15) is 13.2 Å². The molecule has 1 aromatic carbocycles. The van der Waals surface area contributed by atoms with E-state index < -0.39 is 11.7 Å². The highest BCUT2D eigenvalue weighted by molar-refractivity contribution is 5.90. The molecule has 0 unspecified atom stereocenters. The van der Waals surface area contributed by atoms with Gasteiger partial charge < -0.3 is 10.2 Å². The monoisotopic (exact) mass is 443 g/mol. The van der Waals surface area contributed by atoms with Crippen LogP contribution >= 0.6 is 0 Å². The summed E-state index contributed by atoms with van der Waals surface area (Å²) in [5.74, 6) is 0.977. The highest BCUT2D eigenvalue weighted by Gasteiger charge is 2.33. The normalized spacial score (nSPS) is 17.0. The molecule has 32 heavy (non-hydrogen) atoms. The first kappa shape index (κ1) is 22.5. The summed E-state index contributed by atoms with van der Waals surface area (Å²) in [6.07, 6.45) is -0.312. The average molecular weight is 444 g/mol. The molecule has 1 N–H and O–H groups in total. The number of pyridine rings is 1. The number of benzene rings is 1. The Morgan fingerprint density at radius 1 is 1.12 bits per heavy atom. The maximum atomic E-state index is 13.4. The first-order valence-corrected chi connectivity index (χ1v) is 10.9. The molecule has 0 radical (unpaired) electrons. The Kier molecular flexibility index (Phi) is 6.07. The fourth-order valence-corrected chi connectivity index (χ4v) is 4.56. The van der Waals surface area contributed by atoms with Gasteiger partial charge in [-0.05, 0) is 88.5 Å². The summed E-state index contributed by atoms with van der Waals surface area (Å²) in [5, 5.41) is 12.7. The number of likely N-dealkylation sites (tertiary alicyclic amines) is 1. The highest BCUT2D eigenvalue weighted by Crippen LogP contribution is 2.36. The molecule has 8 heteroatoms. The van der Waals surface area contributed by atoms with E-state index in [1.165, 1.54) is 18.6 Å². The molecular weight excluding hydrogens is 415 g/mol. The second-order valence-electron chi connectivity index (χ2n) is 8.76. The molecule has 1 aliphatic heterocycles. The summed E-state index contributed by atoms with van der Waals surface area (Å²) < 4.78 is 40.1. The lowest BCUT2D eigenvalue weighted by molar-refractivity contribution is -0.138. The minimum absolute atomic E-state index is 0.217. The van der Waals surface area contributed by atoms with E-state index in [0.29, 0.717) is 17.3 Å². The molecule has 1 aliphatic rings. The minimum atomic E-state index is -4.39. The Bertz CT molecular complexity index is 1120. The Morgan fingerprint density at radius 3 is 2.53 bits per heavy atom. The number of hydrogen-bond donors (Lipinski definition) is 1. The molecule has 5 nitrogen and oxygen atoms in total. The van der Waals surface area contributed by atoms with Gasteiger partial charge in [0.2, 0.25) is 0 Å². The molecule has 0 aliphatic carbocycles. The predicted molar refractivity (Wildman–Crippen MR) is 120 cm³/mol. The van der Waals surface area contributed by atoms with E-state index in [1.807, 2.05) is 20.0 Å². The number of rotatable bonds is 4. The van der Waals surface area contributed by atoms with Gasteiger partial charge in [0, 0.05) is 11.6 Å². The van der Waals surface area contributed by atoms with Crippen molar-refractivity contribution in [1.29, 1.82) is 0 Å². The SMILES string of the molecule is Cc1c([C@@H](C)Nc2nnc(C)c3ncc(C4CCN(C)CC4)cc23)cccc1C(F)(F)F. The van der Waals surface area contributed by atoms with Crippen molar-refractivity contribution in [1.82, 2.24) is 20.1 Å². The number of piperidine rings is 1. The number of nitrogens with one attached hydrogen (secondary N) is 1. The number of fused-ring (bicyclic) bond motifs is 1. The maximum absolute atomic E-state index is 13.4. The van der Waals surface area contributed by atoms with Crippen LogP contribution < -0.4 is 5.32 Å². The summed E-state index contributed by atoms with van der Waals surface area (Å²) in [6.45, 7) is 7.31. The van der Waals surface area contributed by atoms with Gasteiger partial charge in [-0.25, -0.2) is 0 Å². The molecule has 0 amide bonds. The van der Waals surface area contributed by atoms with Crippen LogP contribution in [0.1, 0.15) is 59.7 Å². The van der Waals surface area contributed by atoms with Crippen LogP contribution in [0.25, 0.3) is 10.9 Å². The fourth-order valence-electron chi connectivity index (χ4n) is 4.56. The van der Waals surface area contributed by atoms with Gasteiger partial charge in [-0.2, -0.15) is 18.3 Å². The second-order valence-corrected chi connectivity index (χ2v) is 8.76. The molecule has 1 saturated heterocycles. The van der Waals surface area contributed by atoms with Gasteiger partial charge in [-0.15, -0.1) is 5.10 Å². The topological polar surface area (TPSA) is 53.9 Å². The second kappa shape index (κ2) is 8.65. The number of anilines is 1. The van der Waals surface area contributed by atoms with E-state index in [2.05, 4.69) is 38.5 Å². The van der Waals surface area contributed by atoms with Crippen LogP contribution in [0.3, 0.4) is 0 Å². The van der Waals surface area contributed by atoms with E-state index in [0.717, 1.165) is 48.6 Å².